The van der Waals surface area contributed by atoms with Crippen LogP contribution in [0.25, 0.3) is 0 Å². The van der Waals surface area contributed by atoms with E-state index in [0.717, 1.165) is 0 Å². The summed E-state index contributed by atoms with van der Waals surface area (Å²) in [7, 11) is 0. The number of carbonyl (C=O) groups is 1. The molecule has 0 aliphatic heterocycles. The van der Waals surface area contributed by atoms with Gasteiger partial charge in [0.2, 0.25) is 0 Å². The lowest BCUT2D eigenvalue weighted by Gasteiger charge is -2.12. The van der Waals surface area contributed by atoms with Crippen molar-refractivity contribution >= 4 is 23.5 Å². The molecule has 3 N–H and O–H groups in total. The third-order valence-electron chi connectivity index (χ3n) is 2.82. The number of aromatic nitrogens is 1. The van der Waals surface area contributed by atoms with Crippen molar-refractivity contribution in [3.63, 3.8) is 0 Å². The number of nitrogen functional groups attached to an aromatic ring is 1. The Balaban J connectivity index is 1.93. The third kappa shape index (κ3) is 2.47. The summed E-state index contributed by atoms with van der Waals surface area (Å²) in [6.07, 6.45) is 4.44. The zero-order chi connectivity index (χ0) is 11.6. The van der Waals surface area contributed by atoms with Gasteiger partial charge in [-0.25, -0.2) is 4.98 Å². The van der Waals surface area contributed by atoms with E-state index in [1.807, 2.05) is 11.8 Å². The van der Waals surface area contributed by atoms with Crippen LogP contribution in [0.2, 0.25) is 0 Å². The molecule has 4 nitrogen and oxygen atoms in total. The van der Waals surface area contributed by atoms with E-state index in [1.165, 1.54) is 12.8 Å². The number of carbonyl (C=O) groups excluding carboxylic acids is 1. The lowest BCUT2D eigenvalue weighted by atomic mass is 10.3. The molecule has 0 spiro atoms. The molecule has 1 amide bonds. The second-order valence-corrected chi connectivity index (χ2v) is 5.29. The number of amides is 1. The number of nitrogens with two attached hydrogens (primary N) is 1. The number of thioether (sulfide) groups is 1. The summed E-state index contributed by atoms with van der Waals surface area (Å²) in [6, 6.07) is 5.07. The molecular weight excluding hydrogens is 222 g/mol. The second-order valence-electron chi connectivity index (χ2n) is 4.02. The fourth-order valence-corrected chi connectivity index (χ4v) is 2.23. The maximum atomic E-state index is 11.7. The van der Waals surface area contributed by atoms with Crippen molar-refractivity contribution in [1.29, 1.82) is 0 Å². The van der Waals surface area contributed by atoms with Gasteiger partial charge in [-0.05, 0) is 31.2 Å². The predicted octanol–water partition coefficient (Wildman–Crippen LogP) is 1.29. The topological polar surface area (TPSA) is 68.0 Å². The van der Waals surface area contributed by atoms with Crippen molar-refractivity contribution in [2.45, 2.75) is 17.6 Å². The minimum absolute atomic E-state index is 0.146. The highest BCUT2D eigenvalue weighted by atomic mass is 32.2. The first-order valence-electron chi connectivity index (χ1n) is 5.21. The highest BCUT2D eigenvalue weighted by molar-refractivity contribution is 8.00. The van der Waals surface area contributed by atoms with E-state index in [2.05, 4.69) is 16.6 Å². The van der Waals surface area contributed by atoms with Gasteiger partial charge in [0.15, 0.2) is 0 Å². The van der Waals surface area contributed by atoms with Gasteiger partial charge in [0.05, 0.1) is 0 Å². The highest BCUT2D eigenvalue weighted by Crippen LogP contribution is 2.46. The van der Waals surface area contributed by atoms with E-state index in [4.69, 9.17) is 5.73 Å². The summed E-state index contributed by atoms with van der Waals surface area (Å²) in [5.41, 5.74) is 5.91. The summed E-state index contributed by atoms with van der Waals surface area (Å²) in [5, 5.41) is 2.90. The van der Waals surface area contributed by atoms with E-state index in [1.54, 1.807) is 18.2 Å². The Labute approximate surface area is 99.0 Å². The SMILES string of the molecule is CSC1(CNC(=O)c2cccc(N)n2)CC1. The molecule has 16 heavy (non-hydrogen) atoms. The van der Waals surface area contributed by atoms with E-state index < -0.39 is 0 Å². The summed E-state index contributed by atoms with van der Waals surface area (Å²) in [4.78, 5) is 15.7. The molecule has 0 bridgehead atoms. The second kappa shape index (κ2) is 4.33. The standard InChI is InChI=1S/C11H15N3OS/c1-16-11(5-6-11)7-13-10(15)8-3-2-4-9(12)14-8/h2-4H,5-7H2,1H3,(H2,12,14)(H,13,15). The number of anilines is 1. The number of rotatable bonds is 4. The van der Waals surface area contributed by atoms with E-state index in [-0.39, 0.29) is 10.7 Å². The van der Waals surface area contributed by atoms with Gasteiger partial charge in [0.1, 0.15) is 11.5 Å². The van der Waals surface area contributed by atoms with Crippen molar-refractivity contribution in [2.24, 2.45) is 0 Å². The van der Waals surface area contributed by atoms with Crippen LogP contribution in [0, 0.1) is 0 Å². The fourth-order valence-electron chi connectivity index (χ4n) is 1.50. The molecule has 0 radical (unpaired) electrons. The Kier molecular flexibility index (Phi) is 3.05. The van der Waals surface area contributed by atoms with Crippen molar-refractivity contribution in [3.8, 4) is 0 Å². The molecule has 0 atom stereocenters. The normalized spacial score (nSPS) is 16.8. The van der Waals surface area contributed by atoms with E-state index in [9.17, 15) is 4.79 Å². The average Bonchev–Trinajstić information content (AvgIpc) is 3.07. The van der Waals surface area contributed by atoms with Gasteiger partial charge in [-0.1, -0.05) is 6.07 Å². The Morgan fingerprint density at radius 2 is 2.38 bits per heavy atom. The van der Waals surface area contributed by atoms with Crippen molar-refractivity contribution in [1.82, 2.24) is 10.3 Å². The quantitative estimate of drug-likeness (QED) is 0.828. The van der Waals surface area contributed by atoms with Crippen LogP contribution in [-0.4, -0.2) is 28.4 Å². The zero-order valence-electron chi connectivity index (χ0n) is 9.19. The van der Waals surface area contributed by atoms with Crippen LogP contribution < -0.4 is 11.1 Å². The van der Waals surface area contributed by atoms with Crippen LogP contribution in [0.1, 0.15) is 23.3 Å². The maximum Gasteiger partial charge on any atom is 0.270 e. The maximum absolute atomic E-state index is 11.7. The smallest absolute Gasteiger partial charge is 0.270 e. The number of hydrogen-bond acceptors (Lipinski definition) is 4. The number of pyridine rings is 1. The number of nitrogens with zero attached hydrogens (tertiary/aromatic N) is 1. The fraction of sp³-hybridized carbons (Fsp3) is 0.455. The molecular formula is C11H15N3OS. The summed E-state index contributed by atoms with van der Waals surface area (Å²) < 4.78 is 0.274. The Bertz CT molecular complexity index is 404. The summed E-state index contributed by atoms with van der Waals surface area (Å²) in [5.74, 6) is 0.228. The van der Waals surface area contributed by atoms with E-state index >= 15 is 0 Å². The molecule has 5 heteroatoms. The first-order valence-corrected chi connectivity index (χ1v) is 6.44. The minimum atomic E-state index is -0.146. The molecule has 1 aliphatic carbocycles. The molecule has 1 aromatic rings. The van der Waals surface area contributed by atoms with Crippen LogP contribution in [0.5, 0.6) is 0 Å². The molecule has 0 saturated heterocycles. The molecule has 1 fully saturated rings. The van der Waals surface area contributed by atoms with E-state index in [0.29, 0.717) is 18.1 Å². The third-order valence-corrected chi connectivity index (χ3v) is 4.23. The van der Waals surface area contributed by atoms with Crippen LogP contribution in [0.4, 0.5) is 5.82 Å². The van der Waals surface area contributed by atoms with Gasteiger partial charge in [0, 0.05) is 11.3 Å². The van der Waals surface area contributed by atoms with Crippen molar-refractivity contribution in [3.05, 3.63) is 23.9 Å². The monoisotopic (exact) mass is 237 g/mol. The van der Waals surface area contributed by atoms with Gasteiger partial charge < -0.3 is 11.1 Å². The zero-order valence-corrected chi connectivity index (χ0v) is 10.0. The molecule has 1 aromatic heterocycles. The minimum Gasteiger partial charge on any atom is -0.384 e. The average molecular weight is 237 g/mol. The molecule has 1 saturated carbocycles. The van der Waals surface area contributed by atoms with Crippen molar-refractivity contribution in [2.75, 3.05) is 18.5 Å². The predicted molar refractivity (Wildman–Crippen MR) is 66.5 cm³/mol. The first kappa shape index (κ1) is 11.3. The largest absolute Gasteiger partial charge is 0.384 e. The molecule has 0 unspecified atom stereocenters. The molecule has 86 valence electrons. The van der Waals surface area contributed by atoms with Crippen molar-refractivity contribution < 1.29 is 4.79 Å². The van der Waals surface area contributed by atoms with Gasteiger partial charge in [-0.3, -0.25) is 4.79 Å². The molecule has 1 heterocycles. The molecule has 2 rings (SSSR count). The van der Waals surface area contributed by atoms with Crippen LogP contribution >= 0.6 is 11.8 Å². The van der Waals surface area contributed by atoms with Crippen LogP contribution in [-0.2, 0) is 0 Å². The Morgan fingerprint density at radius 1 is 1.62 bits per heavy atom. The first-order chi connectivity index (χ1) is 7.65. The number of hydrogen-bond donors (Lipinski definition) is 2. The molecule has 1 aliphatic rings. The van der Waals surface area contributed by atoms with Gasteiger partial charge in [-0.2, -0.15) is 11.8 Å². The Hall–Kier alpha value is -1.23. The number of nitrogens with one attached hydrogen (secondary N) is 1. The lowest BCUT2D eigenvalue weighted by molar-refractivity contribution is 0.0948. The Morgan fingerprint density at radius 3 is 2.94 bits per heavy atom. The van der Waals surface area contributed by atoms with Gasteiger partial charge in [0.25, 0.3) is 5.91 Å². The lowest BCUT2D eigenvalue weighted by Crippen LogP contribution is -2.32. The summed E-state index contributed by atoms with van der Waals surface area (Å²) in [6.45, 7) is 0.712. The highest BCUT2D eigenvalue weighted by Gasteiger charge is 2.41. The molecule has 0 aromatic carbocycles. The van der Waals surface area contributed by atoms with Crippen LogP contribution in [0.3, 0.4) is 0 Å². The summed E-state index contributed by atoms with van der Waals surface area (Å²) >= 11 is 1.82. The van der Waals surface area contributed by atoms with Crippen LogP contribution in [0.15, 0.2) is 18.2 Å². The van der Waals surface area contributed by atoms with Gasteiger partial charge in [-0.15, -0.1) is 0 Å². The van der Waals surface area contributed by atoms with Gasteiger partial charge >= 0.3 is 0 Å².